The normalized spacial score (nSPS) is 12.2. The second-order valence-corrected chi connectivity index (χ2v) is 9.02. The van der Waals surface area contributed by atoms with Gasteiger partial charge in [-0.05, 0) is 54.4 Å². The van der Waals surface area contributed by atoms with Crippen molar-refractivity contribution in [1.29, 1.82) is 0 Å². The van der Waals surface area contributed by atoms with Crippen molar-refractivity contribution < 1.29 is 30.4 Å². The first-order chi connectivity index (χ1) is 15.9. The van der Waals surface area contributed by atoms with Crippen molar-refractivity contribution in [2.75, 3.05) is 10.5 Å². The Bertz CT molecular complexity index is 1540. The Hall–Kier alpha value is -3.80. The highest BCUT2D eigenvalue weighted by molar-refractivity contribution is 7.92. The van der Waals surface area contributed by atoms with E-state index in [0.29, 0.717) is 17.0 Å². The highest BCUT2D eigenvalue weighted by atomic mass is 32.2. The second-order valence-electron chi connectivity index (χ2n) is 7.37. The molecule has 0 saturated heterocycles. The van der Waals surface area contributed by atoms with Crippen LogP contribution in [0.15, 0.2) is 59.6 Å². The number of aryl methyl sites for hydroxylation is 1. The molecule has 176 valence electrons. The van der Waals surface area contributed by atoms with E-state index in [1.165, 1.54) is 31.3 Å². The summed E-state index contributed by atoms with van der Waals surface area (Å²) < 4.78 is 96.7. The highest BCUT2D eigenvalue weighted by Crippen LogP contribution is 2.35. The van der Waals surface area contributed by atoms with Gasteiger partial charge in [-0.1, -0.05) is 12.1 Å². The minimum atomic E-state index is -4.78. The van der Waals surface area contributed by atoms with E-state index in [2.05, 4.69) is 9.97 Å². The number of alkyl halides is 3. The Labute approximate surface area is 190 Å². The van der Waals surface area contributed by atoms with Gasteiger partial charge in [-0.25, -0.2) is 27.2 Å². The fourth-order valence-corrected chi connectivity index (χ4v) is 4.70. The van der Waals surface area contributed by atoms with Gasteiger partial charge in [-0.3, -0.25) is 4.72 Å². The molecule has 1 heterocycles. The van der Waals surface area contributed by atoms with Gasteiger partial charge < -0.3 is 5.73 Å². The molecule has 0 fully saturated rings. The summed E-state index contributed by atoms with van der Waals surface area (Å²) in [7, 11) is -4.65. The van der Waals surface area contributed by atoms with E-state index in [1.54, 1.807) is 0 Å². The van der Waals surface area contributed by atoms with Crippen molar-refractivity contribution in [3.8, 4) is 11.1 Å². The summed E-state index contributed by atoms with van der Waals surface area (Å²) in [6, 6.07) is 8.10. The van der Waals surface area contributed by atoms with Crippen molar-refractivity contribution in [2.45, 2.75) is 18.0 Å². The number of fused-ring (bicyclic) bond motifs is 1. The predicted octanol–water partition coefficient (Wildman–Crippen LogP) is 5.29. The van der Waals surface area contributed by atoms with Crippen LogP contribution in [0.3, 0.4) is 0 Å². The molecule has 12 heteroatoms. The van der Waals surface area contributed by atoms with E-state index in [4.69, 9.17) is 5.73 Å². The number of nitrogens with two attached hydrogens (primary N) is 1. The van der Waals surface area contributed by atoms with Gasteiger partial charge in [-0.2, -0.15) is 13.2 Å². The number of nitrogens with zero attached hydrogens (tertiary/aromatic N) is 2. The Morgan fingerprint density at radius 3 is 2.44 bits per heavy atom. The third-order valence-corrected chi connectivity index (χ3v) is 6.54. The average Bonchev–Trinajstić information content (AvgIpc) is 2.75. The van der Waals surface area contributed by atoms with Crippen molar-refractivity contribution in [1.82, 2.24) is 9.97 Å². The minimum absolute atomic E-state index is 0.0112. The molecule has 0 aliphatic rings. The number of halogens is 5. The number of aromatic nitrogens is 2. The zero-order valence-corrected chi connectivity index (χ0v) is 18.1. The first-order valence-corrected chi connectivity index (χ1v) is 11.1. The van der Waals surface area contributed by atoms with Crippen LogP contribution in [-0.4, -0.2) is 18.4 Å². The number of rotatable bonds is 4. The van der Waals surface area contributed by atoms with Gasteiger partial charge >= 0.3 is 6.18 Å². The fraction of sp³-hybridized carbons (Fsp3) is 0.0909. The van der Waals surface area contributed by atoms with Crippen LogP contribution in [0.2, 0.25) is 0 Å². The van der Waals surface area contributed by atoms with Crippen LogP contribution in [0.1, 0.15) is 11.1 Å². The molecule has 34 heavy (non-hydrogen) atoms. The lowest BCUT2D eigenvalue weighted by Crippen LogP contribution is -2.17. The molecule has 1 aromatic heterocycles. The maximum absolute atomic E-state index is 15.3. The number of benzene rings is 3. The lowest BCUT2D eigenvalue weighted by Gasteiger charge is -2.15. The molecule has 0 aliphatic heterocycles. The van der Waals surface area contributed by atoms with E-state index in [1.807, 2.05) is 4.72 Å². The van der Waals surface area contributed by atoms with Crippen LogP contribution in [-0.2, 0) is 16.2 Å². The number of anilines is 2. The van der Waals surface area contributed by atoms with Gasteiger partial charge in [0.05, 0.1) is 27.2 Å². The highest BCUT2D eigenvalue weighted by Gasteiger charge is 2.32. The Morgan fingerprint density at radius 1 is 1.00 bits per heavy atom. The summed E-state index contributed by atoms with van der Waals surface area (Å²) in [4.78, 5) is 7.13. The predicted molar refractivity (Wildman–Crippen MR) is 116 cm³/mol. The maximum atomic E-state index is 15.3. The summed E-state index contributed by atoms with van der Waals surface area (Å²) in [5, 5.41) is 0.427. The van der Waals surface area contributed by atoms with Crippen molar-refractivity contribution in [2.24, 2.45) is 0 Å². The largest absolute Gasteiger partial charge is 0.416 e. The van der Waals surface area contributed by atoms with Gasteiger partial charge in [-0.15, -0.1) is 0 Å². The van der Waals surface area contributed by atoms with Crippen LogP contribution < -0.4 is 10.5 Å². The molecule has 6 nitrogen and oxygen atoms in total. The SMILES string of the molecule is Cc1ccc(C(F)(F)F)cc1S(=O)(=O)Nc1ccc(F)c(-c2ccc3nc(N)ncc3c2)c1F. The Balaban J connectivity index is 1.78. The topological polar surface area (TPSA) is 98.0 Å². The molecule has 4 aromatic rings. The summed E-state index contributed by atoms with van der Waals surface area (Å²) >= 11 is 0. The van der Waals surface area contributed by atoms with E-state index in [-0.39, 0.29) is 17.1 Å². The van der Waals surface area contributed by atoms with Crippen LogP contribution in [0.25, 0.3) is 22.0 Å². The molecule has 0 saturated carbocycles. The van der Waals surface area contributed by atoms with Crippen LogP contribution in [0, 0.1) is 18.6 Å². The number of sulfonamides is 1. The zero-order valence-electron chi connectivity index (χ0n) is 17.3. The lowest BCUT2D eigenvalue weighted by molar-refractivity contribution is -0.137. The summed E-state index contributed by atoms with van der Waals surface area (Å²) in [5.41, 5.74) is 3.66. The van der Waals surface area contributed by atoms with E-state index in [0.717, 1.165) is 24.3 Å². The molecule has 0 spiro atoms. The fourth-order valence-electron chi connectivity index (χ4n) is 3.36. The van der Waals surface area contributed by atoms with Crippen molar-refractivity contribution >= 4 is 32.6 Å². The molecule has 0 amide bonds. The smallest absolute Gasteiger partial charge is 0.368 e. The van der Waals surface area contributed by atoms with Gasteiger partial charge in [0, 0.05) is 11.6 Å². The van der Waals surface area contributed by atoms with E-state index >= 15 is 4.39 Å². The number of hydrogen-bond acceptors (Lipinski definition) is 5. The van der Waals surface area contributed by atoms with Gasteiger partial charge in [0.15, 0.2) is 5.82 Å². The van der Waals surface area contributed by atoms with Gasteiger partial charge in [0.1, 0.15) is 5.82 Å². The summed E-state index contributed by atoms with van der Waals surface area (Å²) in [5.74, 6) is -2.21. The first kappa shape index (κ1) is 23.4. The maximum Gasteiger partial charge on any atom is 0.416 e. The van der Waals surface area contributed by atoms with E-state index < -0.39 is 49.5 Å². The molecule has 0 bridgehead atoms. The number of hydrogen-bond donors (Lipinski definition) is 2. The summed E-state index contributed by atoms with van der Waals surface area (Å²) in [6.45, 7) is 1.30. The third kappa shape index (κ3) is 4.36. The van der Waals surface area contributed by atoms with Crippen molar-refractivity contribution in [3.05, 3.63) is 77.5 Å². The standard InChI is InChI=1S/C22H15F5N4O2S/c1-11-2-4-14(22(25,26)27)9-18(11)34(32,33)31-17-7-5-15(23)19(20(17)24)12-3-6-16-13(8-12)10-29-21(28)30-16/h2-10,31H,1H3,(H2,28,29,30). The zero-order chi connectivity index (χ0) is 24.8. The molecule has 0 radical (unpaired) electrons. The number of nitrogens with one attached hydrogen (secondary N) is 1. The number of nitrogen functional groups attached to an aromatic ring is 1. The Morgan fingerprint density at radius 2 is 1.74 bits per heavy atom. The van der Waals surface area contributed by atoms with Gasteiger partial charge in [0.2, 0.25) is 5.95 Å². The minimum Gasteiger partial charge on any atom is -0.368 e. The second kappa shape index (κ2) is 8.20. The first-order valence-electron chi connectivity index (χ1n) is 9.58. The molecule has 3 aromatic carbocycles. The molecule has 3 N–H and O–H groups in total. The Kier molecular flexibility index (Phi) is 5.64. The van der Waals surface area contributed by atoms with Crippen molar-refractivity contribution in [3.63, 3.8) is 0 Å². The molecule has 4 rings (SSSR count). The molecular formula is C22H15F5N4O2S. The molecule has 0 aliphatic carbocycles. The van der Waals surface area contributed by atoms with E-state index in [9.17, 15) is 26.0 Å². The quantitative estimate of drug-likeness (QED) is 0.376. The molecule has 0 atom stereocenters. The molecular weight excluding hydrogens is 479 g/mol. The van der Waals surface area contributed by atoms with Crippen LogP contribution in [0.5, 0.6) is 0 Å². The monoisotopic (exact) mass is 494 g/mol. The lowest BCUT2D eigenvalue weighted by atomic mass is 10.0. The van der Waals surface area contributed by atoms with Crippen LogP contribution in [0.4, 0.5) is 33.6 Å². The van der Waals surface area contributed by atoms with Crippen LogP contribution >= 0.6 is 0 Å². The summed E-state index contributed by atoms with van der Waals surface area (Å²) in [6.07, 6.45) is -3.42. The molecule has 0 unspecified atom stereocenters. The average molecular weight is 494 g/mol. The van der Waals surface area contributed by atoms with Gasteiger partial charge in [0.25, 0.3) is 10.0 Å². The third-order valence-electron chi connectivity index (χ3n) is 5.03.